The number of carbonyl (C=O) groups is 2. The highest BCUT2D eigenvalue weighted by atomic mass is 16.1. The van der Waals surface area contributed by atoms with Crippen molar-refractivity contribution in [1.29, 1.82) is 0 Å². The van der Waals surface area contributed by atoms with Crippen LogP contribution in [0.5, 0.6) is 0 Å². The summed E-state index contributed by atoms with van der Waals surface area (Å²) in [5.74, 6) is -0.557. The van der Waals surface area contributed by atoms with E-state index in [0.29, 0.717) is 16.8 Å². The number of nitrogens with one attached hydrogen (secondary N) is 1. The highest BCUT2D eigenvalue weighted by molar-refractivity contribution is 6.05. The Morgan fingerprint density at radius 1 is 1.09 bits per heavy atom. The molecule has 0 unspecified atom stereocenters. The second kappa shape index (κ2) is 6.72. The molecular formula is C18H18N2O2. The van der Waals surface area contributed by atoms with Crippen molar-refractivity contribution in [2.75, 3.05) is 5.32 Å². The molecule has 0 radical (unpaired) electrons. The minimum Gasteiger partial charge on any atom is -0.366 e. The van der Waals surface area contributed by atoms with Gasteiger partial charge >= 0.3 is 0 Å². The molecular weight excluding hydrogens is 276 g/mol. The molecule has 0 aromatic heterocycles. The number of ketones is 1. The number of primary amides is 1. The number of anilines is 1. The van der Waals surface area contributed by atoms with E-state index in [2.05, 4.69) is 5.32 Å². The lowest BCUT2D eigenvalue weighted by atomic mass is 10.0. The zero-order valence-electron chi connectivity index (χ0n) is 12.6. The third kappa shape index (κ3) is 3.82. The summed E-state index contributed by atoms with van der Waals surface area (Å²) < 4.78 is 0. The summed E-state index contributed by atoms with van der Waals surface area (Å²) in [7, 11) is 0. The van der Waals surface area contributed by atoms with Crippen LogP contribution in [0, 0.1) is 13.8 Å². The second-order valence-electron chi connectivity index (χ2n) is 5.11. The lowest BCUT2D eigenvalue weighted by Gasteiger charge is -2.04. The van der Waals surface area contributed by atoms with Gasteiger partial charge in [-0.25, -0.2) is 0 Å². The molecule has 3 N–H and O–H groups in total. The monoisotopic (exact) mass is 294 g/mol. The number of hydrogen-bond donors (Lipinski definition) is 2. The molecule has 0 atom stereocenters. The first-order chi connectivity index (χ1) is 10.5. The van der Waals surface area contributed by atoms with Gasteiger partial charge in [-0.2, -0.15) is 0 Å². The first-order valence-electron chi connectivity index (χ1n) is 6.92. The van der Waals surface area contributed by atoms with Gasteiger partial charge in [0.15, 0.2) is 5.78 Å². The topological polar surface area (TPSA) is 72.2 Å². The molecule has 0 spiro atoms. The fraction of sp³-hybridized carbons (Fsp3) is 0.111. The van der Waals surface area contributed by atoms with Crippen LogP contribution in [-0.2, 0) is 0 Å². The van der Waals surface area contributed by atoms with Crippen LogP contribution in [0.15, 0.2) is 54.7 Å². The Morgan fingerprint density at radius 3 is 2.59 bits per heavy atom. The van der Waals surface area contributed by atoms with E-state index in [0.717, 1.165) is 11.1 Å². The molecule has 2 aromatic rings. The predicted octanol–water partition coefficient (Wildman–Crippen LogP) is 3.21. The SMILES string of the molecule is Cc1ccc(C)c(C(=O)C=CNc2cccc(C(N)=O)c2)c1. The van der Waals surface area contributed by atoms with Crippen LogP contribution in [0.2, 0.25) is 0 Å². The van der Waals surface area contributed by atoms with Crippen LogP contribution >= 0.6 is 0 Å². The second-order valence-corrected chi connectivity index (χ2v) is 5.11. The quantitative estimate of drug-likeness (QED) is 0.657. The van der Waals surface area contributed by atoms with Crippen molar-refractivity contribution in [3.05, 3.63) is 77.0 Å². The fourth-order valence-corrected chi connectivity index (χ4v) is 2.07. The van der Waals surface area contributed by atoms with Crippen molar-refractivity contribution in [2.45, 2.75) is 13.8 Å². The van der Waals surface area contributed by atoms with E-state index in [1.165, 1.54) is 6.08 Å². The van der Waals surface area contributed by atoms with E-state index in [4.69, 9.17) is 5.73 Å². The average molecular weight is 294 g/mol. The highest BCUT2D eigenvalue weighted by Crippen LogP contribution is 2.13. The van der Waals surface area contributed by atoms with Gasteiger partial charge < -0.3 is 11.1 Å². The largest absolute Gasteiger partial charge is 0.366 e. The van der Waals surface area contributed by atoms with Crippen molar-refractivity contribution >= 4 is 17.4 Å². The van der Waals surface area contributed by atoms with Gasteiger partial charge in [-0.1, -0.05) is 23.8 Å². The van der Waals surface area contributed by atoms with Crippen LogP contribution in [-0.4, -0.2) is 11.7 Å². The van der Waals surface area contributed by atoms with Gasteiger partial charge in [0, 0.05) is 29.1 Å². The first kappa shape index (κ1) is 15.5. The van der Waals surface area contributed by atoms with Gasteiger partial charge in [-0.15, -0.1) is 0 Å². The minimum atomic E-state index is -0.487. The number of benzene rings is 2. The smallest absolute Gasteiger partial charge is 0.248 e. The number of hydrogen-bond acceptors (Lipinski definition) is 3. The zero-order valence-corrected chi connectivity index (χ0v) is 12.6. The van der Waals surface area contributed by atoms with Crippen molar-refractivity contribution in [3.63, 3.8) is 0 Å². The van der Waals surface area contributed by atoms with Crippen LogP contribution in [0.1, 0.15) is 31.8 Å². The Morgan fingerprint density at radius 2 is 1.86 bits per heavy atom. The molecule has 0 saturated carbocycles. The number of amides is 1. The van der Waals surface area contributed by atoms with E-state index in [1.54, 1.807) is 30.5 Å². The van der Waals surface area contributed by atoms with E-state index < -0.39 is 5.91 Å². The molecule has 0 bridgehead atoms. The summed E-state index contributed by atoms with van der Waals surface area (Å²) in [6, 6.07) is 12.6. The fourth-order valence-electron chi connectivity index (χ4n) is 2.07. The maximum absolute atomic E-state index is 12.2. The zero-order chi connectivity index (χ0) is 16.1. The van der Waals surface area contributed by atoms with E-state index in [1.807, 2.05) is 32.0 Å². The Hall–Kier alpha value is -2.88. The Labute approximate surface area is 129 Å². The van der Waals surface area contributed by atoms with Gasteiger partial charge in [-0.05, 0) is 43.7 Å². The molecule has 2 rings (SSSR count). The summed E-state index contributed by atoms with van der Waals surface area (Å²) in [6.07, 6.45) is 3.03. The average Bonchev–Trinajstić information content (AvgIpc) is 2.50. The summed E-state index contributed by atoms with van der Waals surface area (Å²) >= 11 is 0. The number of nitrogens with two attached hydrogens (primary N) is 1. The maximum atomic E-state index is 12.2. The third-order valence-corrected chi connectivity index (χ3v) is 3.29. The lowest BCUT2D eigenvalue weighted by Crippen LogP contribution is -2.10. The molecule has 0 aliphatic heterocycles. The molecule has 112 valence electrons. The van der Waals surface area contributed by atoms with E-state index in [9.17, 15) is 9.59 Å². The van der Waals surface area contributed by atoms with Crippen LogP contribution in [0.4, 0.5) is 5.69 Å². The van der Waals surface area contributed by atoms with Crippen molar-refractivity contribution < 1.29 is 9.59 Å². The Bertz CT molecular complexity index is 749. The third-order valence-electron chi connectivity index (χ3n) is 3.29. The van der Waals surface area contributed by atoms with Crippen LogP contribution < -0.4 is 11.1 Å². The van der Waals surface area contributed by atoms with Crippen LogP contribution in [0.3, 0.4) is 0 Å². The van der Waals surface area contributed by atoms with Gasteiger partial charge in [-0.3, -0.25) is 9.59 Å². The molecule has 0 fully saturated rings. The maximum Gasteiger partial charge on any atom is 0.248 e. The van der Waals surface area contributed by atoms with Gasteiger partial charge in [0.05, 0.1) is 0 Å². The summed E-state index contributed by atoms with van der Waals surface area (Å²) in [6.45, 7) is 3.86. The first-order valence-corrected chi connectivity index (χ1v) is 6.92. The molecule has 2 aromatic carbocycles. The van der Waals surface area contributed by atoms with E-state index in [-0.39, 0.29) is 5.78 Å². The minimum absolute atomic E-state index is 0.0697. The van der Waals surface area contributed by atoms with Crippen molar-refractivity contribution in [2.24, 2.45) is 5.73 Å². The number of carbonyl (C=O) groups excluding carboxylic acids is 2. The molecule has 0 heterocycles. The number of allylic oxidation sites excluding steroid dienone is 1. The number of rotatable bonds is 5. The highest BCUT2D eigenvalue weighted by Gasteiger charge is 2.05. The summed E-state index contributed by atoms with van der Waals surface area (Å²) in [5.41, 5.74) is 9.01. The Kier molecular flexibility index (Phi) is 4.73. The molecule has 1 amide bonds. The summed E-state index contributed by atoms with van der Waals surface area (Å²) in [4.78, 5) is 23.3. The number of aryl methyl sites for hydroxylation is 2. The normalized spacial score (nSPS) is 10.6. The molecule has 0 saturated heterocycles. The van der Waals surface area contributed by atoms with Crippen molar-refractivity contribution in [1.82, 2.24) is 0 Å². The van der Waals surface area contributed by atoms with Crippen LogP contribution in [0.25, 0.3) is 0 Å². The molecule has 0 aliphatic carbocycles. The van der Waals surface area contributed by atoms with E-state index >= 15 is 0 Å². The Balaban J connectivity index is 2.09. The van der Waals surface area contributed by atoms with Gasteiger partial charge in [0.2, 0.25) is 5.91 Å². The van der Waals surface area contributed by atoms with Gasteiger partial charge in [0.1, 0.15) is 0 Å². The summed E-state index contributed by atoms with van der Waals surface area (Å²) in [5, 5.41) is 2.97. The van der Waals surface area contributed by atoms with Crippen molar-refractivity contribution in [3.8, 4) is 0 Å². The molecule has 4 nitrogen and oxygen atoms in total. The molecule has 0 aliphatic rings. The lowest BCUT2D eigenvalue weighted by molar-refractivity contribution is 0.0998. The molecule has 22 heavy (non-hydrogen) atoms. The molecule has 4 heteroatoms. The van der Waals surface area contributed by atoms with Gasteiger partial charge in [0.25, 0.3) is 0 Å². The predicted molar refractivity (Wildman–Crippen MR) is 88.0 cm³/mol. The standard InChI is InChI=1S/C18H18N2O2/c1-12-6-7-13(2)16(10-12)17(21)8-9-20-15-5-3-4-14(11-15)18(19)22/h3-11,20H,1-2H3,(H2,19,22).